The molecule has 0 amide bonds. The summed E-state index contributed by atoms with van der Waals surface area (Å²) in [4.78, 5) is 4.77. The van der Waals surface area contributed by atoms with Gasteiger partial charge in [0.15, 0.2) is 0 Å². The molecular weight excluding hydrogens is 330 g/mol. The maximum Gasteiger partial charge on any atom is 0.0369 e. The zero-order valence-electron chi connectivity index (χ0n) is 14.2. The second-order valence-electron chi connectivity index (χ2n) is 5.97. The first-order chi connectivity index (χ1) is 11.5. The Bertz CT molecular complexity index is 802. The predicted molar refractivity (Wildman–Crippen MR) is 104 cm³/mol. The van der Waals surface area contributed by atoms with Crippen molar-refractivity contribution in [2.75, 3.05) is 0 Å². The van der Waals surface area contributed by atoms with Crippen LogP contribution in [-0.4, -0.2) is 0 Å². The van der Waals surface area contributed by atoms with E-state index in [2.05, 4.69) is 63.2 Å². The van der Waals surface area contributed by atoms with Gasteiger partial charge < -0.3 is 0 Å². The highest BCUT2D eigenvalue weighted by Gasteiger charge is 2.18. The lowest BCUT2D eigenvalue weighted by molar-refractivity contribution is 1.13. The molecule has 1 aliphatic heterocycles. The summed E-state index contributed by atoms with van der Waals surface area (Å²) >= 11 is 1.77. The van der Waals surface area contributed by atoms with E-state index in [0.29, 0.717) is 0 Å². The lowest BCUT2D eigenvalue weighted by atomic mass is 10.1. The molecule has 0 spiro atoms. The molecule has 3 heteroatoms. The van der Waals surface area contributed by atoms with Gasteiger partial charge in [0.25, 0.3) is 0 Å². The third-order valence-corrected chi connectivity index (χ3v) is 6.73. The summed E-state index contributed by atoms with van der Waals surface area (Å²) in [5.74, 6) is 0. The van der Waals surface area contributed by atoms with Crippen molar-refractivity contribution in [3.63, 3.8) is 0 Å². The molecule has 0 fully saturated rings. The second kappa shape index (κ2) is 7.37. The van der Waals surface area contributed by atoms with E-state index >= 15 is 0 Å². The van der Waals surface area contributed by atoms with Gasteiger partial charge in [0.05, 0.1) is 0 Å². The molecule has 24 heavy (non-hydrogen) atoms. The van der Waals surface area contributed by atoms with Crippen molar-refractivity contribution in [2.24, 2.45) is 0 Å². The highest BCUT2D eigenvalue weighted by atomic mass is 32.2. The number of fused-ring (bicyclic) bond motifs is 2. The molecule has 0 saturated heterocycles. The van der Waals surface area contributed by atoms with Crippen LogP contribution < -0.4 is 0 Å². The van der Waals surface area contributed by atoms with E-state index < -0.39 is 10.7 Å². The van der Waals surface area contributed by atoms with Crippen molar-refractivity contribution < 1.29 is 0 Å². The van der Waals surface area contributed by atoms with Crippen LogP contribution in [0.1, 0.15) is 16.7 Å². The van der Waals surface area contributed by atoms with E-state index in [4.69, 9.17) is 4.78 Å². The summed E-state index contributed by atoms with van der Waals surface area (Å²) in [6.45, 7) is 6.38. The zero-order chi connectivity index (χ0) is 17.1. The average Bonchev–Trinajstić information content (AvgIpc) is 2.54. The lowest BCUT2D eigenvalue weighted by Gasteiger charge is -2.19. The number of hydrogen-bond acceptors (Lipinski definition) is 2. The van der Waals surface area contributed by atoms with Gasteiger partial charge in [-0.2, -0.15) is 0 Å². The molecule has 3 aromatic carbocycles. The monoisotopic (exact) mass is 351 g/mol. The molecule has 1 nitrogen and oxygen atoms in total. The molecule has 0 radical (unpaired) electrons. The summed E-state index contributed by atoms with van der Waals surface area (Å²) in [5.41, 5.74) is 4.06. The maximum absolute atomic E-state index is 8.25. The van der Waals surface area contributed by atoms with Crippen LogP contribution in [0, 0.1) is 25.6 Å². The van der Waals surface area contributed by atoms with E-state index in [-0.39, 0.29) is 0 Å². The topological polar surface area (TPSA) is 23.9 Å². The molecular formula is C21H21NS2. The molecule has 0 unspecified atom stereocenters. The molecule has 4 rings (SSSR count). The first-order valence-electron chi connectivity index (χ1n) is 7.91. The van der Waals surface area contributed by atoms with Gasteiger partial charge in [0.1, 0.15) is 0 Å². The summed E-state index contributed by atoms with van der Waals surface area (Å²) in [7, 11) is -0.511. The fourth-order valence-electron chi connectivity index (χ4n) is 2.85. The quantitative estimate of drug-likeness (QED) is 0.381. The van der Waals surface area contributed by atoms with E-state index in [1.807, 2.05) is 24.3 Å². The zero-order valence-corrected chi connectivity index (χ0v) is 15.8. The van der Waals surface area contributed by atoms with Gasteiger partial charge in [-0.15, -0.1) is 0 Å². The number of hydrogen-bond donors (Lipinski definition) is 1. The Morgan fingerprint density at radius 1 is 0.667 bits per heavy atom. The standard InChI is InChI=1S/C12H9NS2.C9H12/c13-15-11-7-3-1-5-9(11)14-10-6-2-4-8-12(10)15;1-7-4-8(2)6-9(3)5-7/h1-8,13H;4-6H,1-3H3. The van der Waals surface area contributed by atoms with Crippen LogP contribution in [0.4, 0.5) is 0 Å². The largest absolute Gasteiger partial charge is 0.271 e. The fraction of sp³-hybridized carbons (Fsp3) is 0.143. The molecule has 3 aromatic rings. The van der Waals surface area contributed by atoms with Crippen LogP contribution in [0.2, 0.25) is 0 Å². The molecule has 1 aliphatic rings. The Labute approximate surface area is 151 Å². The van der Waals surface area contributed by atoms with Gasteiger partial charge in [-0.25, -0.2) is 0 Å². The third-order valence-electron chi connectivity index (χ3n) is 3.72. The molecule has 0 saturated carbocycles. The van der Waals surface area contributed by atoms with Crippen molar-refractivity contribution >= 4 is 22.5 Å². The minimum atomic E-state index is -0.511. The molecule has 0 aromatic heterocycles. The summed E-state index contributed by atoms with van der Waals surface area (Å²) < 4.78 is 8.25. The van der Waals surface area contributed by atoms with Gasteiger partial charge in [0.2, 0.25) is 0 Å². The van der Waals surface area contributed by atoms with Crippen LogP contribution in [0.15, 0.2) is 86.3 Å². The van der Waals surface area contributed by atoms with Crippen LogP contribution >= 0.6 is 11.8 Å². The van der Waals surface area contributed by atoms with E-state index in [9.17, 15) is 0 Å². The molecule has 0 atom stereocenters. The van der Waals surface area contributed by atoms with Gasteiger partial charge >= 0.3 is 0 Å². The first-order valence-corrected chi connectivity index (χ1v) is 9.95. The Morgan fingerprint density at radius 2 is 1.04 bits per heavy atom. The Hall–Kier alpha value is -1.84. The predicted octanol–water partition coefficient (Wildman–Crippen LogP) is 6.56. The van der Waals surface area contributed by atoms with E-state index in [0.717, 1.165) is 9.79 Å². The highest BCUT2D eigenvalue weighted by molar-refractivity contribution is 8.01. The van der Waals surface area contributed by atoms with Gasteiger partial charge in [-0.05, 0) is 55.7 Å². The van der Waals surface area contributed by atoms with Crippen molar-refractivity contribution in [3.8, 4) is 0 Å². The fourth-order valence-corrected chi connectivity index (χ4v) is 5.67. The Morgan fingerprint density at radius 3 is 1.46 bits per heavy atom. The Kier molecular flexibility index (Phi) is 5.22. The molecule has 0 aliphatic carbocycles. The summed E-state index contributed by atoms with van der Waals surface area (Å²) in [5, 5.41) is 0. The van der Waals surface area contributed by atoms with E-state index in [1.165, 1.54) is 26.5 Å². The lowest BCUT2D eigenvalue weighted by Crippen LogP contribution is -2.00. The average molecular weight is 352 g/mol. The van der Waals surface area contributed by atoms with Crippen molar-refractivity contribution in [3.05, 3.63) is 83.4 Å². The highest BCUT2D eigenvalue weighted by Crippen LogP contribution is 2.42. The third kappa shape index (κ3) is 3.80. The first kappa shape index (κ1) is 17.0. The molecule has 0 bridgehead atoms. The van der Waals surface area contributed by atoms with Gasteiger partial charge in [-0.3, -0.25) is 4.78 Å². The second-order valence-corrected chi connectivity index (χ2v) is 8.54. The summed E-state index contributed by atoms with van der Waals surface area (Å²) in [6.07, 6.45) is 0. The normalized spacial score (nSPS) is 12.6. The maximum atomic E-state index is 8.25. The number of rotatable bonds is 0. The van der Waals surface area contributed by atoms with Crippen molar-refractivity contribution in [1.29, 1.82) is 4.78 Å². The summed E-state index contributed by atoms with van der Waals surface area (Å²) in [6, 6.07) is 23.0. The van der Waals surface area contributed by atoms with Gasteiger partial charge in [0, 0.05) is 19.6 Å². The number of aryl methyl sites for hydroxylation is 3. The van der Waals surface area contributed by atoms with Crippen LogP contribution in [0.5, 0.6) is 0 Å². The van der Waals surface area contributed by atoms with Crippen molar-refractivity contribution in [1.82, 2.24) is 0 Å². The van der Waals surface area contributed by atoms with Crippen molar-refractivity contribution in [2.45, 2.75) is 40.4 Å². The van der Waals surface area contributed by atoms with E-state index in [1.54, 1.807) is 11.8 Å². The van der Waals surface area contributed by atoms with Crippen LogP contribution in [0.3, 0.4) is 0 Å². The minimum Gasteiger partial charge on any atom is -0.271 e. The van der Waals surface area contributed by atoms with Crippen LogP contribution in [-0.2, 0) is 10.7 Å². The molecule has 1 heterocycles. The van der Waals surface area contributed by atoms with Crippen LogP contribution in [0.25, 0.3) is 0 Å². The smallest absolute Gasteiger partial charge is 0.0369 e. The molecule has 1 N–H and O–H groups in total. The molecule has 122 valence electrons. The SMILES string of the molecule is Cc1cc(C)cc(C)c1.N=S1c2ccccc2Sc2ccccc21. The number of benzene rings is 3. The Balaban J connectivity index is 0.000000162. The minimum absolute atomic E-state index is 0.511. The number of nitrogens with one attached hydrogen (secondary N) is 1. The van der Waals surface area contributed by atoms with Gasteiger partial charge in [-0.1, -0.05) is 70.9 Å².